The van der Waals surface area contributed by atoms with Crippen LogP contribution < -0.4 is 25.8 Å². The van der Waals surface area contributed by atoms with Crippen LogP contribution in [0.4, 0.5) is 5.69 Å². The second kappa shape index (κ2) is 14.7. The van der Waals surface area contributed by atoms with Gasteiger partial charge in [0.05, 0.1) is 28.4 Å². The summed E-state index contributed by atoms with van der Waals surface area (Å²) in [6.45, 7) is 5.52. The molecule has 3 rings (SSSR count). The van der Waals surface area contributed by atoms with Gasteiger partial charge in [-0.15, -0.1) is 0 Å². The van der Waals surface area contributed by atoms with Crippen molar-refractivity contribution in [2.45, 2.75) is 63.3 Å². The number of nitrogens with two attached hydrogens (primary N) is 1. The van der Waals surface area contributed by atoms with Crippen LogP contribution in [0.15, 0.2) is 23.1 Å². The number of H-pyrrole nitrogens is 1. The van der Waals surface area contributed by atoms with Gasteiger partial charge in [-0.05, 0) is 63.9 Å². The first-order chi connectivity index (χ1) is 17.4. The molecule has 200 valence electrons. The van der Waals surface area contributed by atoms with Crippen molar-refractivity contribution in [3.63, 3.8) is 0 Å². The minimum absolute atomic E-state index is 0.0301. The number of aromatic nitrogens is 2. The Morgan fingerprint density at radius 1 is 1.28 bits per heavy atom. The van der Waals surface area contributed by atoms with Crippen LogP contribution in [0.5, 0.6) is 5.75 Å². The Bertz CT molecular complexity index is 1100. The molecule has 36 heavy (non-hydrogen) atoms. The van der Waals surface area contributed by atoms with E-state index in [-0.39, 0.29) is 21.9 Å². The number of amides is 1. The first-order valence-corrected chi connectivity index (χ1v) is 13.8. The van der Waals surface area contributed by atoms with E-state index in [0.717, 1.165) is 32.2 Å². The Morgan fingerprint density at radius 3 is 2.69 bits per heavy atom. The molecule has 6 N–H and O–H groups in total. The number of carbonyl (C=O) groups excluding carboxylic acids is 2. The minimum Gasteiger partial charge on any atom is -0.493 e. The standard InChI is InChI=1S/C23H33N5O5S.CH5N/c1-3-6-19-22(20(15-29)28-27-19)26-23(30)18-14-17(8-9-21(18)33-13-4-2)34(31,32)25-12-10-16-7-5-11-24-16;1-2/h8-9,14-16,24-25H,3-7,10-13H2,1-2H3,(H,26,30)(H,27,28);2H2,1H3. The number of sulfonamides is 1. The quantitative estimate of drug-likeness (QED) is 0.249. The second-order valence-corrected chi connectivity index (χ2v) is 10.0. The van der Waals surface area contributed by atoms with Crippen molar-refractivity contribution in [2.24, 2.45) is 5.73 Å². The van der Waals surface area contributed by atoms with Gasteiger partial charge in [0.25, 0.3) is 5.91 Å². The van der Waals surface area contributed by atoms with Crippen LogP contribution in [0.25, 0.3) is 0 Å². The van der Waals surface area contributed by atoms with Crippen molar-refractivity contribution in [1.82, 2.24) is 20.2 Å². The van der Waals surface area contributed by atoms with Crippen LogP contribution in [0, 0.1) is 0 Å². The lowest BCUT2D eigenvalue weighted by molar-refractivity contribution is 0.102. The summed E-state index contributed by atoms with van der Waals surface area (Å²) in [5.41, 5.74) is 5.56. The Balaban J connectivity index is 0.00000222. The third kappa shape index (κ3) is 7.85. The number of nitrogens with one attached hydrogen (secondary N) is 4. The van der Waals surface area contributed by atoms with Crippen molar-refractivity contribution in [2.75, 3.05) is 32.1 Å². The van der Waals surface area contributed by atoms with Gasteiger partial charge in [-0.2, -0.15) is 5.10 Å². The first-order valence-electron chi connectivity index (χ1n) is 12.3. The fourth-order valence-electron chi connectivity index (χ4n) is 3.88. The molecule has 1 saturated heterocycles. The zero-order valence-electron chi connectivity index (χ0n) is 21.2. The number of hydrogen-bond donors (Lipinski definition) is 5. The number of nitrogens with zero attached hydrogens (tertiary/aromatic N) is 1. The summed E-state index contributed by atoms with van der Waals surface area (Å²) in [5.74, 6) is -0.318. The number of aldehydes is 1. The average molecular weight is 523 g/mol. The lowest BCUT2D eigenvalue weighted by atomic mass is 10.1. The number of ether oxygens (including phenoxy) is 1. The van der Waals surface area contributed by atoms with Crippen LogP contribution in [-0.2, 0) is 16.4 Å². The van der Waals surface area contributed by atoms with Crippen molar-refractivity contribution in [1.29, 1.82) is 0 Å². The fraction of sp³-hybridized carbons (Fsp3) is 0.542. The fourth-order valence-corrected chi connectivity index (χ4v) is 4.95. The summed E-state index contributed by atoms with van der Waals surface area (Å²) in [4.78, 5) is 24.6. The third-order valence-electron chi connectivity index (χ3n) is 5.63. The SMILES string of the molecule is CCCOc1ccc(S(=O)(=O)NCCC2CCCN2)cc1C(=O)Nc1c(C=O)n[nH]c1CCC.CN. The summed E-state index contributed by atoms with van der Waals surface area (Å²) in [6.07, 6.45) is 5.47. The van der Waals surface area contributed by atoms with Crippen LogP contribution in [0.3, 0.4) is 0 Å². The maximum atomic E-state index is 13.2. The first kappa shape index (κ1) is 29.4. The molecule has 1 aromatic heterocycles. The number of aromatic amines is 1. The van der Waals surface area contributed by atoms with E-state index in [9.17, 15) is 18.0 Å². The highest BCUT2D eigenvalue weighted by Gasteiger charge is 2.23. The van der Waals surface area contributed by atoms with E-state index in [1.165, 1.54) is 25.2 Å². The summed E-state index contributed by atoms with van der Waals surface area (Å²) < 4.78 is 34.1. The Hall–Kier alpha value is -2.80. The highest BCUT2D eigenvalue weighted by atomic mass is 32.2. The maximum absolute atomic E-state index is 13.2. The van der Waals surface area contributed by atoms with Crippen molar-refractivity contribution >= 4 is 27.9 Å². The summed E-state index contributed by atoms with van der Waals surface area (Å²) in [6, 6.07) is 4.53. The molecule has 1 aromatic carbocycles. The average Bonchev–Trinajstić information content (AvgIpc) is 3.54. The summed E-state index contributed by atoms with van der Waals surface area (Å²) in [5, 5.41) is 12.8. The molecule has 2 aromatic rings. The van der Waals surface area contributed by atoms with Gasteiger partial charge >= 0.3 is 0 Å². The molecule has 1 aliphatic heterocycles. The van der Waals surface area contributed by atoms with E-state index in [1.54, 1.807) is 0 Å². The number of aryl methyl sites for hydroxylation is 1. The Morgan fingerprint density at radius 2 is 2.06 bits per heavy atom. The zero-order valence-corrected chi connectivity index (χ0v) is 22.0. The molecule has 0 radical (unpaired) electrons. The number of carbonyl (C=O) groups is 2. The van der Waals surface area contributed by atoms with Gasteiger partial charge in [0, 0.05) is 12.6 Å². The van der Waals surface area contributed by atoms with Crippen LogP contribution in [0.1, 0.15) is 72.5 Å². The van der Waals surface area contributed by atoms with Gasteiger partial charge in [-0.25, -0.2) is 13.1 Å². The molecule has 11 nitrogen and oxygen atoms in total. The Kier molecular flexibility index (Phi) is 12.0. The number of hydrogen-bond acceptors (Lipinski definition) is 8. The normalized spacial score (nSPS) is 15.2. The predicted octanol–water partition coefficient (Wildman–Crippen LogP) is 2.21. The van der Waals surface area contributed by atoms with E-state index < -0.39 is 15.9 Å². The molecule has 1 amide bonds. The van der Waals surface area contributed by atoms with Gasteiger partial charge in [0.15, 0.2) is 6.29 Å². The van der Waals surface area contributed by atoms with E-state index in [2.05, 4.69) is 31.3 Å². The second-order valence-electron chi connectivity index (χ2n) is 8.27. The summed E-state index contributed by atoms with van der Waals surface area (Å²) >= 11 is 0. The van der Waals surface area contributed by atoms with Gasteiger partial charge < -0.3 is 21.1 Å². The molecular weight excluding hydrogens is 484 g/mol. The van der Waals surface area contributed by atoms with Crippen LogP contribution in [0.2, 0.25) is 0 Å². The van der Waals surface area contributed by atoms with Crippen molar-refractivity contribution in [3.8, 4) is 5.75 Å². The molecule has 12 heteroatoms. The molecule has 1 atom stereocenters. The smallest absolute Gasteiger partial charge is 0.259 e. The van der Waals surface area contributed by atoms with Crippen molar-refractivity contribution < 1.29 is 22.7 Å². The predicted molar refractivity (Wildman–Crippen MR) is 139 cm³/mol. The summed E-state index contributed by atoms with van der Waals surface area (Å²) in [7, 11) is -2.32. The van der Waals surface area contributed by atoms with E-state index >= 15 is 0 Å². The monoisotopic (exact) mass is 522 g/mol. The molecule has 0 bridgehead atoms. The Labute approximate surface area is 213 Å². The highest BCUT2D eigenvalue weighted by molar-refractivity contribution is 7.89. The van der Waals surface area contributed by atoms with Gasteiger partial charge in [0.1, 0.15) is 11.4 Å². The number of rotatable bonds is 13. The van der Waals surface area contributed by atoms with E-state index in [0.29, 0.717) is 49.7 Å². The van der Waals surface area contributed by atoms with Crippen molar-refractivity contribution in [3.05, 3.63) is 35.2 Å². The largest absolute Gasteiger partial charge is 0.493 e. The maximum Gasteiger partial charge on any atom is 0.259 e. The lowest BCUT2D eigenvalue weighted by Gasteiger charge is -2.15. The molecule has 1 fully saturated rings. The topological polar surface area (TPSA) is 168 Å². The van der Waals surface area contributed by atoms with E-state index in [4.69, 9.17) is 4.74 Å². The number of anilines is 1. The molecule has 1 aliphatic rings. The van der Waals surface area contributed by atoms with Crippen LogP contribution in [-0.4, -0.2) is 63.6 Å². The van der Waals surface area contributed by atoms with Gasteiger partial charge in [0.2, 0.25) is 10.0 Å². The number of benzene rings is 1. The third-order valence-corrected chi connectivity index (χ3v) is 7.09. The molecule has 2 heterocycles. The lowest BCUT2D eigenvalue weighted by Crippen LogP contribution is -2.30. The van der Waals surface area contributed by atoms with E-state index in [1.807, 2.05) is 13.8 Å². The highest BCUT2D eigenvalue weighted by Crippen LogP contribution is 2.26. The molecule has 0 spiro atoms. The molecule has 0 aliphatic carbocycles. The molecule has 0 saturated carbocycles. The minimum atomic E-state index is -3.82. The van der Waals surface area contributed by atoms with Crippen LogP contribution >= 0.6 is 0 Å². The van der Waals surface area contributed by atoms with Gasteiger partial charge in [-0.1, -0.05) is 20.3 Å². The van der Waals surface area contributed by atoms with Gasteiger partial charge in [-0.3, -0.25) is 14.7 Å². The molecular formula is C24H38N6O5S. The zero-order chi connectivity index (χ0) is 26.6. The molecule has 1 unspecified atom stereocenters.